The van der Waals surface area contributed by atoms with Gasteiger partial charge in [-0.1, -0.05) is 18.5 Å². The lowest BCUT2D eigenvalue weighted by atomic mass is 10.2. The highest BCUT2D eigenvalue weighted by Crippen LogP contribution is 2.15. The summed E-state index contributed by atoms with van der Waals surface area (Å²) in [6, 6.07) is 5.03. The zero-order valence-electron chi connectivity index (χ0n) is 12.5. The van der Waals surface area contributed by atoms with E-state index in [1.165, 1.54) is 6.92 Å². The van der Waals surface area contributed by atoms with E-state index in [9.17, 15) is 18.0 Å². The number of aliphatic carboxylic acids is 1. The van der Waals surface area contributed by atoms with Gasteiger partial charge in [-0.05, 0) is 30.7 Å². The molecular formula is C14H18ClNO6S. The Labute approximate surface area is 139 Å². The number of amides is 1. The van der Waals surface area contributed by atoms with Gasteiger partial charge >= 0.3 is 5.97 Å². The Bertz CT molecular complexity index is 644. The number of ether oxygens (including phenoxy) is 1. The zero-order valence-corrected chi connectivity index (χ0v) is 14.1. The summed E-state index contributed by atoms with van der Waals surface area (Å²) in [6.07, 6.45) is -0.196. The van der Waals surface area contributed by atoms with E-state index in [4.69, 9.17) is 21.4 Å². The zero-order chi connectivity index (χ0) is 17.5. The van der Waals surface area contributed by atoms with Crippen LogP contribution in [0.3, 0.4) is 0 Å². The van der Waals surface area contributed by atoms with Crippen LogP contribution >= 0.6 is 11.6 Å². The number of carboxylic acid groups (broad SMARTS) is 1. The summed E-state index contributed by atoms with van der Waals surface area (Å²) in [7, 11) is -3.30. The van der Waals surface area contributed by atoms with Crippen molar-refractivity contribution in [3.05, 3.63) is 29.3 Å². The van der Waals surface area contributed by atoms with Crippen LogP contribution in [0.15, 0.2) is 24.3 Å². The summed E-state index contributed by atoms with van der Waals surface area (Å²) in [5, 5.41) is 11.8. The number of carboxylic acids is 1. The summed E-state index contributed by atoms with van der Waals surface area (Å²) in [6.45, 7) is 1.09. The molecule has 0 aliphatic carbocycles. The van der Waals surface area contributed by atoms with Gasteiger partial charge in [0.2, 0.25) is 0 Å². The molecule has 0 aliphatic heterocycles. The normalized spacial score (nSPS) is 12.4. The van der Waals surface area contributed by atoms with Gasteiger partial charge in [0, 0.05) is 10.8 Å². The fraction of sp³-hybridized carbons (Fsp3) is 0.429. The summed E-state index contributed by atoms with van der Waals surface area (Å²) in [5.41, 5.74) is 0. The van der Waals surface area contributed by atoms with Crippen LogP contribution in [-0.2, 0) is 19.4 Å². The van der Waals surface area contributed by atoms with E-state index in [0.29, 0.717) is 10.8 Å². The van der Waals surface area contributed by atoms with Gasteiger partial charge in [-0.2, -0.15) is 0 Å². The van der Waals surface area contributed by atoms with Crippen LogP contribution in [0.5, 0.6) is 5.75 Å². The first-order valence-corrected chi connectivity index (χ1v) is 9.04. The maximum atomic E-state index is 11.7. The van der Waals surface area contributed by atoms with E-state index < -0.39 is 27.8 Å². The molecule has 7 nitrogen and oxygen atoms in total. The summed E-state index contributed by atoms with van der Waals surface area (Å²) in [4.78, 5) is 22.8. The van der Waals surface area contributed by atoms with Crippen molar-refractivity contribution in [2.75, 3.05) is 18.1 Å². The van der Waals surface area contributed by atoms with Gasteiger partial charge in [0.15, 0.2) is 6.61 Å². The van der Waals surface area contributed by atoms with Crippen LogP contribution in [0.4, 0.5) is 0 Å². The molecule has 1 aromatic rings. The number of carbonyl (C=O) groups excluding carboxylic acids is 1. The van der Waals surface area contributed by atoms with Gasteiger partial charge in [-0.25, -0.2) is 13.2 Å². The van der Waals surface area contributed by atoms with Crippen LogP contribution in [-0.4, -0.2) is 49.6 Å². The summed E-state index contributed by atoms with van der Waals surface area (Å²) < 4.78 is 28.0. The molecule has 2 N–H and O–H groups in total. The van der Waals surface area contributed by atoms with E-state index >= 15 is 0 Å². The molecule has 0 spiro atoms. The lowest BCUT2D eigenvalue weighted by molar-refractivity contribution is -0.142. The number of hydrogen-bond donors (Lipinski definition) is 2. The molecule has 0 fully saturated rings. The Morgan fingerprint density at radius 2 is 1.91 bits per heavy atom. The highest BCUT2D eigenvalue weighted by Gasteiger charge is 2.22. The van der Waals surface area contributed by atoms with E-state index in [2.05, 4.69) is 5.32 Å². The van der Waals surface area contributed by atoms with Gasteiger partial charge in [0.25, 0.3) is 5.91 Å². The highest BCUT2D eigenvalue weighted by molar-refractivity contribution is 7.91. The smallest absolute Gasteiger partial charge is 0.326 e. The van der Waals surface area contributed by atoms with E-state index in [1.807, 2.05) is 0 Å². The maximum absolute atomic E-state index is 11.7. The topological polar surface area (TPSA) is 110 Å². The lowest BCUT2D eigenvalue weighted by Gasteiger charge is -2.14. The fourth-order valence-corrected chi connectivity index (χ4v) is 2.62. The molecule has 1 amide bonds. The van der Waals surface area contributed by atoms with Crippen molar-refractivity contribution in [1.29, 1.82) is 0 Å². The minimum atomic E-state index is -3.30. The molecule has 0 saturated heterocycles. The third-order valence-electron chi connectivity index (χ3n) is 2.97. The van der Waals surface area contributed by atoms with Gasteiger partial charge < -0.3 is 15.2 Å². The van der Waals surface area contributed by atoms with E-state index in [-0.39, 0.29) is 24.5 Å². The van der Waals surface area contributed by atoms with Crippen LogP contribution in [0, 0.1) is 0 Å². The first-order chi connectivity index (χ1) is 10.7. The fourth-order valence-electron chi connectivity index (χ4n) is 1.61. The van der Waals surface area contributed by atoms with Crippen LogP contribution < -0.4 is 10.1 Å². The van der Waals surface area contributed by atoms with Crippen molar-refractivity contribution in [2.24, 2.45) is 0 Å². The molecule has 1 unspecified atom stereocenters. The monoisotopic (exact) mass is 363 g/mol. The molecule has 1 rings (SSSR count). The van der Waals surface area contributed by atoms with Gasteiger partial charge in [-0.15, -0.1) is 0 Å². The lowest BCUT2D eigenvalue weighted by Crippen LogP contribution is -2.44. The number of nitrogens with one attached hydrogen (secondary N) is 1. The maximum Gasteiger partial charge on any atom is 0.326 e. The quantitative estimate of drug-likeness (QED) is 0.680. The molecule has 0 bridgehead atoms. The molecule has 0 aromatic heterocycles. The Balaban J connectivity index is 2.50. The SMILES string of the molecule is CCS(=O)(=O)CCC(NC(=O)COc1ccc(Cl)cc1)C(=O)O. The first kappa shape index (κ1) is 19.2. The molecule has 0 saturated carbocycles. The van der Waals surface area contributed by atoms with Gasteiger partial charge in [0.1, 0.15) is 21.6 Å². The molecule has 0 heterocycles. The number of halogens is 1. The molecule has 1 atom stereocenters. The predicted octanol–water partition coefficient (Wildman–Crippen LogP) is 1.11. The second-order valence-corrected chi connectivity index (χ2v) is 7.64. The van der Waals surface area contributed by atoms with E-state index in [1.54, 1.807) is 24.3 Å². The average Bonchev–Trinajstić information content (AvgIpc) is 2.50. The predicted molar refractivity (Wildman–Crippen MR) is 85.5 cm³/mol. The Kier molecular flexibility index (Phi) is 7.31. The number of hydrogen-bond acceptors (Lipinski definition) is 5. The Morgan fingerprint density at radius 3 is 2.43 bits per heavy atom. The summed E-state index contributed by atoms with van der Waals surface area (Å²) >= 11 is 5.71. The first-order valence-electron chi connectivity index (χ1n) is 6.84. The van der Waals surface area contributed by atoms with Crippen LogP contribution in [0.1, 0.15) is 13.3 Å². The molecule has 9 heteroatoms. The molecule has 0 aliphatic rings. The van der Waals surface area contributed by atoms with Gasteiger partial charge in [0.05, 0.1) is 5.75 Å². The number of sulfone groups is 1. The molecular weight excluding hydrogens is 346 g/mol. The van der Waals surface area contributed by atoms with Crippen molar-refractivity contribution in [3.63, 3.8) is 0 Å². The van der Waals surface area contributed by atoms with Crippen molar-refractivity contribution >= 4 is 33.3 Å². The number of carbonyl (C=O) groups is 2. The van der Waals surface area contributed by atoms with Crippen molar-refractivity contribution < 1.29 is 27.9 Å². The molecule has 23 heavy (non-hydrogen) atoms. The minimum Gasteiger partial charge on any atom is -0.484 e. The third-order valence-corrected chi connectivity index (χ3v) is 4.96. The minimum absolute atomic E-state index is 0.0764. The Hall–Kier alpha value is -1.80. The molecule has 1 aromatic carbocycles. The van der Waals surface area contributed by atoms with Crippen molar-refractivity contribution in [1.82, 2.24) is 5.32 Å². The molecule has 128 valence electrons. The largest absolute Gasteiger partial charge is 0.484 e. The van der Waals surface area contributed by atoms with Crippen LogP contribution in [0.2, 0.25) is 5.02 Å². The molecule has 0 radical (unpaired) electrons. The third kappa shape index (κ3) is 7.34. The average molecular weight is 364 g/mol. The highest BCUT2D eigenvalue weighted by atomic mass is 35.5. The number of rotatable bonds is 9. The second-order valence-electron chi connectivity index (χ2n) is 4.73. The van der Waals surface area contributed by atoms with Crippen LogP contribution in [0.25, 0.3) is 0 Å². The number of benzene rings is 1. The summed E-state index contributed by atoms with van der Waals surface area (Å²) in [5.74, 6) is -1.92. The standard InChI is InChI=1S/C14H18ClNO6S/c1-2-23(20,21)8-7-12(14(18)19)16-13(17)9-22-11-5-3-10(15)4-6-11/h3-6,12H,2,7-9H2,1H3,(H,16,17)(H,18,19). The van der Waals surface area contributed by atoms with Gasteiger partial charge in [-0.3, -0.25) is 4.79 Å². The Morgan fingerprint density at radius 1 is 1.30 bits per heavy atom. The van der Waals surface area contributed by atoms with Crippen molar-refractivity contribution in [3.8, 4) is 5.75 Å². The van der Waals surface area contributed by atoms with Crippen molar-refractivity contribution in [2.45, 2.75) is 19.4 Å². The second kappa shape index (κ2) is 8.73. The van der Waals surface area contributed by atoms with E-state index in [0.717, 1.165) is 0 Å².